The lowest BCUT2D eigenvalue weighted by Gasteiger charge is -2.44. The molecule has 2 amide bonds. The summed E-state index contributed by atoms with van der Waals surface area (Å²) in [6.07, 6.45) is 5.61. The Labute approximate surface area is 554 Å². The van der Waals surface area contributed by atoms with Crippen LogP contribution in [-0.2, 0) is 49.4 Å². The van der Waals surface area contributed by atoms with Crippen LogP contribution in [0, 0.1) is 0 Å². The third-order valence-electron chi connectivity index (χ3n) is 17.9. The summed E-state index contributed by atoms with van der Waals surface area (Å²) in [4.78, 5) is 38.8. The average Bonchev–Trinajstić information content (AvgIpc) is 0.985. The zero-order valence-electron chi connectivity index (χ0n) is 55.0. The molecule has 8 aromatic carbocycles. The Balaban J connectivity index is 0.987. The van der Waals surface area contributed by atoms with Crippen molar-refractivity contribution in [2.24, 2.45) is 5.84 Å². The monoisotopic (exact) mass is 1250 g/mol. The third-order valence-corrected chi connectivity index (χ3v) is 17.9. The predicted octanol–water partition coefficient (Wildman–Crippen LogP) is 14.2. The van der Waals surface area contributed by atoms with E-state index in [-0.39, 0.29) is 37.0 Å². The highest BCUT2D eigenvalue weighted by atomic mass is 16.7. The molecule has 10 aromatic rings. The number of hydrazine groups is 1. The Morgan fingerprint density at radius 2 is 1.07 bits per heavy atom. The summed E-state index contributed by atoms with van der Waals surface area (Å²) >= 11 is 0. The average molecular weight is 1250 g/mol. The van der Waals surface area contributed by atoms with Crippen LogP contribution in [0.5, 0.6) is 0 Å². The van der Waals surface area contributed by atoms with Crippen LogP contribution >= 0.6 is 0 Å². The van der Waals surface area contributed by atoms with Gasteiger partial charge in [0.2, 0.25) is 5.91 Å². The number of nitrogens with zero attached hydrogens (tertiary/aromatic N) is 6. The van der Waals surface area contributed by atoms with Crippen molar-refractivity contribution in [1.82, 2.24) is 24.6 Å². The lowest BCUT2D eigenvalue weighted by Crippen LogP contribution is -2.53. The molecule has 1 aliphatic heterocycles. The van der Waals surface area contributed by atoms with E-state index in [4.69, 9.17) is 30.6 Å². The van der Waals surface area contributed by atoms with E-state index >= 15 is 4.79 Å². The first-order valence-corrected chi connectivity index (χ1v) is 32.1. The normalized spacial score (nSPS) is 13.9. The maximum absolute atomic E-state index is 15.3. The molecule has 11 rings (SSSR count). The minimum Gasteiger partial charge on any atom is -0.444 e. The van der Waals surface area contributed by atoms with E-state index in [1.807, 2.05) is 223 Å². The molecule has 1 aliphatic rings. The minimum atomic E-state index is -1.20. The third kappa shape index (κ3) is 14.3. The number of amides is 2. The topological polar surface area (TPSA) is 166 Å². The molecule has 0 aliphatic carbocycles. The van der Waals surface area contributed by atoms with Crippen molar-refractivity contribution in [3.63, 3.8) is 0 Å². The van der Waals surface area contributed by atoms with E-state index in [1.54, 1.807) is 11.2 Å². The molecule has 0 spiro atoms. The fraction of sp³-hybridized carbons (Fsp3) is 0.241. The van der Waals surface area contributed by atoms with Crippen LogP contribution in [0.1, 0.15) is 111 Å². The highest BCUT2D eigenvalue weighted by Gasteiger charge is 2.52. The maximum Gasteiger partial charge on any atom is 0.498 e. The first kappa shape index (κ1) is 65.4. The number of hydrogen-bond acceptors (Lipinski definition) is 11. The molecule has 478 valence electrons. The molecule has 0 atom stereocenters. The highest BCUT2D eigenvalue weighted by Crippen LogP contribution is 2.47. The fourth-order valence-corrected chi connectivity index (χ4v) is 12.4. The maximum atomic E-state index is 15.3. The second kappa shape index (κ2) is 28.0. The van der Waals surface area contributed by atoms with Gasteiger partial charge in [0.05, 0.1) is 23.4 Å². The second-order valence-electron chi connectivity index (χ2n) is 26.1. The van der Waals surface area contributed by atoms with Crippen molar-refractivity contribution >= 4 is 47.5 Å². The number of nitrogens with one attached hydrogen (secondary N) is 1. The van der Waals surface area contributed by atoms with Crippen molar-refractivity contribution < 1.29 is 23.6 Å². The number of anilines is 3. The van der Waals surface area contributed by atoms with Crippen molar-refractivity contribution in [2.45, 2.75) is 103 Å². The summed E-state index contributed by atoms with van der Waals surface area (Å²) in [5.74, 6) is 8.40. The summed E-state index contributed by atoms with van der Waals surface area (Å²) in [7, 11) is -0.536. The van der Waals surface area contributed by atoms with Crippen LogP contribution in [0.15, 0.2) is 261 Å². The number of ether oxygens (including phenoxy) is 1. The zero-order chi connectivity index (χ0) is 66.1. The van der Waals surface area contributed by atoms with Crippen molar-refractivity contribution in [1.29, 1.82) is 0 Å². The number of carbonyl (C=O) groups excluding carboxylic acids is 2. The second-order valence-corrected chi connectivity index (χ2v) is 26.1. The van der Waals surface area contributed by atoms with E-state index in [2.05, 4.69) is 107 Å². The number of rotatable bonds is 23. The predicted molar refractivity (Wildman–Crippen MR) is 378 cm³/mol. The summed E-state index contributed by atoms with van der Waals surface area (Å²) in [6, 6.07) is 81.7. The van der Waals surface area contributed by atoms with Crippen molar-refractivity contribution in [2.75, 3.05) is 35.7 Å². The first-order chi connectivity index (χ1) is 45.2. The lowest BCUT2D eigenvalue weighted by atomic mass is 9.76. The van der Waals surface area contributed by atoms with E-state index in [0.29, 0.717) is 36.5 Å². The van der Waals surface area contributed by atoms with Gasteiger partial charge in [-0.3, -0.25) is 19.4 Å². The highest BCUT2D eigenvalue weighted by molar-refractivity contribution is 6.62. The SMILES string of the molecule is C/C(=C\CN(CC(=O)N(CCc1ccccc1)Cc1cccc(Cn2cc(B3OC(C)(C)C(C)(C)O3)cn2)c1)C(=O)OC(C)(C)C)c1cc(NC(c2ccccc2)(c2ccccc2)c2ccccc2)nc(N(N)C(c2ccccc2)(c2ccccc2)c2ccccc2)c1N. The number of allylic oxidation sites excluding steroid dienone is 1. The van der Waals surface area contributed by atoms with E-state index in [1.165, 1.54) is 4.90 Å². The smallest absolute Gasteiger partial charge is 0.444 e. The summed E-state index contributed by atoms with van der Waals surface area (Å²) in [5, 5.41) is 10.4. The standard InChI is InChI=1S/C79H84BN9O5/c1-58(47-49-87(74(91)92-75(2,3)4)57-71(90)86(50-48-59-31-16-9-17-32-59)54-60-33-30-34-61(51-60)55-88-56-68(53-83-88)80-93-76(5,6)77(7,8)94-80)69-52-70(85-78(62-35-18-10-19-36-62,63-37-20-11-21-38-63)64-39-22-12-23-40-64)84-73(72(69)81)89(82)79(65-41-24-13-25-42-65,66-43-26-14-27-44-66)67-45-28-15-29-46-67/h9-47,51-53,56H,48-50,54-55,57,81-82H2,1-8H3,(H,84,85)/b58-47+. The first-order valence-electron chi connectivity index (χ1n) is 32.1. The van der Waals surface area contributed by atoms with Gasteiger partial charge in [-0.25, -0.2) is 15.6 Å². The molecule has 0 bridgehead atoms. The molecule has 3 heterocycles. The molecule has 0 radical (unpaired) electrons. The molecule has 1 fully saturated rings. The van der Waals surface area contributed by atoms with Crippen molar-refractivity contribution in [3.8, 4) is 0 Å². The molecule has 5 N–H and O–H groups in total. The Bertz CT molecular complexity index is 3980. The van der Waals surface area contributed by atoms with Gasteiger partial charge >= 0.3 is 13.2 Å². The number of carbonyl (C=O) groups is 2. The fourth-order valence-electron chi connectivity index (χ4n) is 12.4. The molecule has 0 unspecified atom stereocenters. The van der Waals surface area contributed by atoms with Gasteiger partial charge in [-0.1, -0.05) is 243 Å². The van der Waals surface area contributed by atoms with Gasteiger partial charge in [0.25, 0.3) is 0 Å². The summed E-state index contributed by atoms with van der Waals surface area (Å²) in [5.41, 5.74) is 14.5. The van der Waals surface area contributed by atoms with Gasteiger partial charge in [0.15, 0.2) is 5.82 Å². The van der Waals surface area contributed by atoms with Crippen molar-refractivity contribution in [3.05, 3.63) is 317 Å². The number of nitrogens with two attached hydrogens (primary N) is 2. The van der Waals surface area contributed by atoms with E-state index in [0.717, 1.165) is 55.5 Å². The van der Waals surface area contributed by atoms with Gasteiger partial charge in [-0.2, -0.15) is 5.10 Å². The number of benzene rings is 8. The van der Waals surface area contributed by atoms with Crippen LogP contribution in [0.2, 0.25) is 0 Å². The van der Waals surface area contributed by atoms with Crippen LogP contribution in [0.3, 0.4) is 0 Å². The van der Waals surface area contributed by atoms with Gasteiger partial charge in [0.1, 0.15) is 29.0 Å². The van der Waals surface area contributed by atoms with E-state index in [9.17, 15) is 4.79 Å². The van der Waals surface area contributed by atoms with Gasteiger partial charge in [-0.05, 0) is 124 Å². The quantitative estimate of drug-likeness (QED) is 0.0241. The molecule has 2 aromatic heterocycles. The number of nitrogen functional groups attached to an aromatic ring is 1. The Morgan fingerprint density at radius 3 is 1.56 bits per heavy atom. The summed E-state index contributed by atoms with van der Waals surface area (Å²) < 4.78 is 20.6. The molecular formula is C79H84BN9O5. The summed E-state index contributed by atoms with van der Waals surface area (Å²) in [6.45, 7) is 16.4. The Kier molecular flexibility index (Phi) is 19.5. The molecule has 15 heteroatoms. The van der Waals surface area contributed by atoms with Crippen LogP contribution in [0.25, 0.3) is 5.57 Å². The van der Waals surface area contributed by atoms with Gasteiger partial charge in [-0.15, -0.1) is 0 Å². The largest absolute Gasteiger partial charge is 0.498 e. The Hall–Kier alpha value is -10.1. The van der Waals surface area contributed by atoms with Crippen LogP contribution < -0.4 is 27.4 Å². The number of pyridine rings is 1. The Morgan fingerprint density at radius 1 is 0.617 bits per heavy atom. The molecule has 1 saturated heterocycles. The molecule has 94 heavy (non-hydrogen) atoms. The van der Waals surface area contributed by atoms with Gasteiger partial charge < -0.3 is 30.0 Å². The van der Waals surface area contributed by atoms with Crippen LogP contribution in [0.4, 0.5) is 22.1 Å². The lowest BCUT2D eigenvalue weighted by molar-refractivity contribution is -0.132. The zero-order valence-corrected chi connectivity index (χ0v) is 55.0. The molecule has 14 nitrogen and oxygen atoms in total. The van der Waals surface area contributed by atoms with Crippen LogP contribution in [-0.4, -0.2) is 80.1 Å². The van der Waals surface area contributed by atoms with E-state index < -0.39 is 41.1 Å². The molecule has 0 saturated carbocycles. The number of hydrogen-bond donors (Lipinski definition) is 3. The molecular weight excluding hydrogens is 1170 g/mol. The number of aromatic nitrogens is 3. The van der Waals surface area contributed by atoms with Gasteiger partial charge in [0, 0.05) is 43.1 Å². The minimum absolute atomic E-state index is 0.0253.